The first-order chi connectivity index (χ1) is 14.0. The first-order valence-corrected chi connectivity index (χ1v) is 10.7. The lowest BCUT2D eigenvalue weighted by Crippen LogP contribution is -2.33. The number of amides is 2. The van der Waals surface area contributed by atoms with Gasteiger partial charge < -0.3 is 15.0 Å². The summed E-state index contributed by atoms with van der Waals surface area (Å²) in [6.07, 6.45) is 3.94. The molecule has 0 aromatic heterocycles. The first-order valence-electron chi connectivity index (χ1n) is 9.48. The van der Waals surface area contributed by atoms with Gasteiger partial charge in [0.05, 0.1) is 16.7 Å². The summed E-state index contributed by atoms with van der Waals surface area (Å²) in [5.41, 5.74) is 2.13. The molecule has 0 aliphatic carbocycles. The molecule has 0 bridgehead atoms. The van der Waals surface area contributed by atoms with E-state index in [1.165, 1.54) is 11.8 Å². The average Bonchev–Trinajstić information content (AvgIpc) is 3.23. The monoisotopic (exact) mass is 428 g/mol. The fraction of sp³-hybridized carbons (Fsp3) is 0.273. The summed E-state index contributed by atoms with van der Waals surface area (Å²) in [4.78, 5) is 28.5. The molecule has 2 aromatic rings. The SMILES string of the molecule is CN1C(=O)/C(=C/c2cccc(Cl)c2)Sc2ccc(C(=O)NC[C@H]3CCCO3)cc21. The van der Waals surface area contributed by atoms with E-state index in [0.29, 0.717) is 22.0 Å². The summed E-state index contributed by atoms with van der Waals surface area (Å²) >= 11 is 7.44. The van der Waals surface area contributed by atoms with Crippen LogP contribution in [0.5, 0.6) is 0 Å². The Bertz CT molecular complexity index is 986. The van der Waals surface area contributed by atoms with Crippen molar-refractivity contribution < 1.29 is 14.3 Å². The molecule has 150 valence electrons. The zero-order valence-electron chi connectivity index (χ0n) is 16.0. The zero-order valence-corrected chi connectivity index (χ0v) is 17.6. The van der Waals surface area contributed by atoms with Crippen LogP contribution < -0.4 is 10.2 Å². The van der Waals surface area contributed by atoms with Crippen molar-refractivity contribution in [3.63, 3.8) is 0 Å². The van der Waals surface area contributed by atoms with E-state index in [1.807, 2.05) is 30.3 Å². The Labute approximate surface area is 179 Å². The van der Waals surface area contributed by atoms with Crippen molar-refractivity contribution in [2.24, 2.45) is 0 Å². The summed E-state index contributed by atoms with van der Waals surface area (Å²) in [6.45, 7) is 1.26. The minimum absolute atomic E-state index is 0.0931. The van der Waals surface area contributed by atoms with Gasteiger partial charge in [-0.3, -0.25) is 9.59 Å². The van der Waals surface area contributed by atoms with Gasteiger partial charge >= 0.3 is 0 Å². The van der Waals surface area contributed by atoms with E-state index >= 15 is 0 Å². The number of rotatable bonds is 4. The van der Waals surface area contributed by atoms with Crippen LogP contribution in [0.2, 0.25) is 5.02 Å². The van der Waals surface area contributed by atoms with Gasteiger partial charge in [-0.15, -0.1) is 0 Å². The Morgan fingerprint density at radius 1 is 1.34 bits per heavy atom. The Hall–Kier alpha value is -2.28. The molecular formula is C22H21ClN2O3S. The van der Waals surface area contributed by atoms with Gasteiger partial charge in [0.2, 0.25) is 0 Å². The molecule has 2 heterocycles. The number of hydrogen-bond acceptors (Lipinski definition) is 4. The van der Waals surface area contributed by atoms with Gasteiger partial charge in [-0.05, 0) is 54.8 Å². The van der Waals surface area contributed by atoms with Crippen LogP contribution >= 0.6 is 23.4 Å². The van der Waals surface area contributed by atoms with E-state index in [4.69, 9.17) is 16.3 Å². The maximum absolute atomic E-state index is 12.8. The van der Waals surface area contributed by atoms with Crippen LogP contribution in [0.4, 0.5) is 5.69 Å². The van der Waals surface area contributed by atoms with E-state index in [9.17, 15) is 9.59 Å². The molecule has 1 N–H and O–H groups in total. The lowest BCUT2D eigenvalue weighted by atomic mass is 10.1. The summed E-state index contributed by atoms with van der Waals surface area (Å²) in [6, 6.07) is 12.8. The number of carbonyl (C=O) groups is 2. The normalized spacial score (nSPS) is 20.1. The summed E-state index contributed by atoms with van der Waals surface area (Å²) in [5.74, 6) is -0.270. The van der Waals surface area contributed by atoms with Gasteiger partial charge in [-0.2, -0.15) is 0 Å². The van der Waals surface area contributed by atoms with Crippen molar-refractivity contribution in [1.82, 2.24) is 5.32 Å². The highest BCUT2D eigenvalue weighted by atomic mass is 35.5. The third-order valence-electron chi connectivity index (χ3n) is 4.98. The number of nitrogens with zero attached hydrogens (tertiary/aromatic N) is 1. The largest absolute Gasteiger partial charge is 0.376 e. The van der Waals surface area contributed by atoms with Gasteiger partial charge in [0.1, 0.15) is 0 Å². The molecule has 5 nitrogen and oxygen atoms in total. The van der Waals surface area contributed by atoms with E-state index in [0.717, 1.165) is 35.6 Å². The van der Waals surface area contributed by atoms with Crippen molar-refractivity contribution >= 4 is 46.9 Å². The number of thioether (sulfide) groups is 1. The second-order valence-electron chi connectivity index (χ2n) is 7.06. The zero-order chi connectivity index (χ0) is 20.4. The van der Waals surface area contributed by atoms with E-state index in [1.54, 1.807) is 30.1 Å². The molecule has 0 radical (unpaired) electrons. The van der Waals surface area contributed by atoms with Crippen molar-refractivity contribution in [2.45, 2.75) is 23.8 Å². The molecule has 2 aromatic carbocycles. The topological polar surface area (TPSA) is 58.6 Å². The molecule has 29 heavy (non-hydrogen) atoms. The molecule has 0 spiro atoms. The Kier molecular flexibility index (Phi) is 5.94. The van der Waals surface area contributed by atoms with Crippen LogP contribution in [0.15, 0.2) is 52.3 Å². The first kappa shape index (κ1) is 20.0. The molecule has 2 amide bonds. The lowest BCUT2D eigenvalue weighted by Gasteiger charge is -2.27. The molecule has 2 aliphatic heterocycles. The van der Waals surface area contributed by atoms with Crippen molar-refractivity contribution in [3.8, 4) is 0 Å². The maximum atomic E-state index is 12.8. The van der Waals surface area contributed by atoms with Gasteiger partial charge in [0.25, 0.3) is 11.8 Å². The second kappa shape index (κ2) is 8.61. The van der Waals surface area contributed by atoms with Crippen LogP contribution in [0.1, 0.15) is 28.8 Å². The number of halogens is 1. The third kappa shape index (κ3) is 4.50. The molecule has 0 unspecified atom stereocenters. The number of nitrogens with one attached hydrogen (secondary N) is 1. The Balaban J connectivity index is 1.53. The number of hydrogen-bond donors (Lipinski definition) is 1. The quantitative estimate of drug-likeness (QED) is 0.735. The lowest BCUT2D eigenvalue weighted by molar-refractivity contribution is -0.114. The fourth-order valence-electron chi connectivity index (χ4n) is 3.40. The van der Waals surface area contributed by atoms with Crippen molar-refractivity contribution in [1.29, 1.82) is 0 Å². The molecule has 1 atom stereocenters. The van der Waals surface area contributed by atoms with Gasteiger partial charge in [-0.25, -0.2) is 0 Å². The number of anilines is 1. The Morgan fingerprint density at radius 3 is 2.97 bits per heavy atom. The Morgan fingerprint density at radius 2 is 2.21 bits per heavy atom. The van der Waals surface area contributed by atoms with Crippen LogP contribution in [0.25, 0.3) is 6.08 Å². The predicted molar refractivity (Wildman–Crippen MR) is 116 cm³/mol. The molecular weight excluding hydrogens is 408 g/mol. The number of benzene rings is 2. The summed E-state index contributed by atoms with van der Waals surface area (Å²) in [7, 11) is 1.72. The third-order valence-corrected chi connectivity index (χ3v) is 6.29. The van der Waals surface area contributed by atoms with E-state index < -0.39 is 0 Å². The highest BCUT2D eigenvalue weighted by molar-refractivity contribution is 8.04. The molecule has 7 heteroatoms. The number of fused-ring (bicyclic) bond motifs is 1. The predicted octanol–water partition coefficient (Wildman–Crippen LogP) is 4.36. The minimum atomic E-state index is -0.158. The number of likely N-dealkylation sites (N-methyl/N-ethyl adjacent to an activating group) is 1. The average molecular weight is 429 g/mol. The van der Waals surface area contributed by atoms with E-state index in [-0.39, 0.29) is 17.9 Å². The summed E-state index contributed by atoms with van der Waals surface area (Å²) in [5, 5.41) is 3.55. The van der Waals surface area contributed by atoms with Crippen LogP contribution in [-0.4, -0.2) is 38.1 Å². The van der Waals surface area contributed by atoms with Crippen LogP contribution in [0.3, 0.4) is 0 Å². The molecule has 1 saturated heterocycles. The number of ether oxygens (including phenoxy) is 1. The van der Waals surface area contributed by atoms with Gasteiger partial charge in [0.15, 0.2) is 0 Å². The molecule has 0 saturated carbocycles. The fourth-order valence-corrected chi connectivity index (χ4v) is 4.69. The van der Waals surface area contributed by atoms with Crippen molar-refractivity contribution in [2.75, 3.05) is 25.1 Å². The summed E-state index contributed by atoms with van der Waals surface area (Å²) < 4.78 is 5.54. The second-order valence-corrected chi connectivity index (χ2v) is 8.58. The molecule has 1 fully saturated rings. The van der Waals surface area contributed by atoms with Gasteiger partial charge in [0, 0.05) is 35.7 Å². The maximum Gasteiger partial charge on any atom is 0.264 e. The highest BCUT2D eigenvalue weighted by Gasteiger charge is 2.27. The van der Waals surface area contributed by atoms with E-state index in [2.05, 4.69) is 5.32 Å². The number of carbonyl (C=O) groups excluding carboxylic acids is 2. The minimum Gasteiger partial charge on any atom is -0.376 e. The van der Waals surface area contributed by atoms with Crippen LogP contribution in [-0.2, 0) is 9.53 Å². The van der Waals surface area contributed by atoms with Crippen molar-refractivity contribution in [3.05, 3.63) is 63.5 Å². The van der Waals surface area contributed by atoms with Gasteiger partial charge in [-0.1, -0.05) is 35.5 Å². The standard InChI is InChI=1S/C22H21ClN2O3S/c1-25-18-12-15(21(26)24-13-17-6-3-9-28-17)7-8-19(18)29-20(22(25)27)11-14-4-2-5-16(23)10-14/h2,4-5,7-8,10-12,17H,3,6,9,13H2,1H3,(H,24,26)/b20-11-/t17-/m1/s1. The molecule has 2 aliphatic rings. The smallest absolute Gasteiger partial charge is 0.264 e. The van der Waals surface area contributed by atoms with Crippen LogP contribution in [0, 0.1) is 0 Å². The molecule has 4 rings (SSSR count). The highest BCUT2D eigenvalue weighted by Crippen LogP contribution is 2.42.